The van der Waals surface area contributed by atoms with E-state index in [4.69, 9.17) is 0 Å². The summed E-state index contributed by atoms with van der Waals surface area (Å²) in [5, 5.41) is 0.553. The summed E-state index contributed by atoms with van der Waals surface area (Å²) in [7, 11) is -3.09. The predicted octanol–water partition coefficient (Wildman–Crippen LogP) is 1.93. The lowest BCUT2D eigenvalue weighted by Gasteiger charge is -2.09. The van der Waals surface area contributed by atoms with Gasteiger partial charge in [0.05, 0.1) is 5.30 Å². The van der Waals surface area contributed by atoms with Crippen LogP contribution in [-0.2, 0) is 4.57 Å². The first-order valence-corrected chi connectivity index (χ1v) is 6.82. The Bertz CT molecular complexity index is 319. The van der Waals surface area contributed by atoms with Crippen LogP contribution >= 0.6 is 19.1 Å². The molecule has 0 spiro atoms. The van der Waals surface area contributed by atoms with E-state index in [-0.39, 0.29) is 0 Å². The van der Waals surface area contributed by atoms with E-state index in [0.29, 0.717) is 5.30 Å². The summed E-state index contributed by atoms with van der Waals surface area (Å²) in [5.74, 6) is 0. The Balaban J connectivity index is 3.23. The molecule has 4 heteroatoms. The highest BCUT2D eigenvalue weighted by molar-refractivity contribution is 7.99. The number of hydrogen-bond donors (Lipinski definition) is 1. The lowest BCUT2D eigenvalue weighted by atomic mass is 10.4. The fraction of sp³-hybridized carbons (Fsp3) is 0.250. The second kappa shape index (κ2) is 3.65. The van der Waals surface area contributed by atoms with E-state index in [1.807, 2.05) is 18.4 Å². The molecule has 0 radical (unpaired) electrons. The molecule has 0 saturated carbocycles. The molecule has 1 rings (SSSR count). The highest BCUT2D eigenvalue weighted by atomic mass is 32.2. The van der Waals surface area contributed by atoms with Crippen molar-refractivity contribution in [3.63, 3.8) is 0 Å². The van der Waals surface area contributed by atoms with Gasteiger partial charge in [-0.25, -0.2) is 0 Å². The van der Waals surface area contributed by atoms with Gasteiger partial charge in [0.25, 0.3) is 0 Å². The van der Waals surface area contributed by atoms with Gasteiger partial charge < -0.3 is 4.89 Å². The van der Waals surface area contributed by atoms with Gasteiger partial charge in [0, 0.05) is 11.6 Å². The smallest absolute Gasteiger partial charge is 0.227 e. The molecule has 1 aromatic carbocycles. The number of benzene rings is 1. The Morgan fingerprint density at radius 2 is 2.00 bits per heavy atom. The summed E-state index contributed by atoms with van der Waals surface area (Å²) < 4.78 is 11.3. The molecule has 12 heavy (non-hydrogen) atoms. The Hall–Kier alpha value is -0.240. The van der Waals surface area contributed by atoms with Gasteiger partial charge in [-0.3, -0.25) is 4.57 Å². The summed E-state index contributed by atoms with van der Waals surface area (Å²) in [5.41, 5.74) is 0. The fourth-order valence-electron chi connectivity index (χ4n) is 0.973. The third-order valence-electron chi connectivity index (χ3n) is 1.53. The Kier molecular flexibility index (Phi) is 2.99. The van der Waals surface area contributed by atoms with Crippen LogP contribution < -0.4 is 5.30 Å². The molecule has 1 N–H and O–H groups in total. The molecular formula is C8H11O2PS. The Morgan fingerprint density at radius 3 is 2.42 bits per heavy atom. The van der Waals surface area contributed by atoms with E-state index < -0.39 is 7.37 Å². The SMILES string of the molecule is CSc1ccccc1P(C)(=O)O. The molecule has 2 nitrogen and oxygen atoms in total. The van der Waals surface area contributed by atoms with E-state index >= 15 is 0 Å². The van der Waals surface area contributed by atoms with Crippen LogP contribution in [0.15, 0.2) is 29.2 Å². The van der Waals surface area contributed by atoms with Gasteiger partial charge in [0.1, 0.15) is 0 Å². The molecule has 0 aromatic heterocycles. The summed E-state index contributed by atoms with van der Waals surface area (Å²) in [6.07, 6.45) is 1.90. The normalized spacial score (nSPS) is 15.6. The summed E-state index contributed by atoms with van der Waals surface area (Å²) in [6, 6.07) is 7.20. The molecule has 0 amide bonds. The zero-order valence-electron chi connectivity index (χ0n) is 7.02. The van der Waals surface area contributed by atoms with Crippen molar-refractivity contribution in [3.8, 4) is 0 Å². The molecule has 1 unspecified atom stereocenters. The maximum Gasteiger partial charge on any atom is 0.227 e. The monoisotopic (exact) mass is 202 g/mol. The zero-order valence-corrected chi connectivity index (χ0v) is 8.73. The van der Waals surface area contributed by atoms with E-state index in [0.717, 1.165) is 4.90 Å². The third kappa shape index (κ3) is 2.13. The second-order valence-electron chi connectivity index (χ2n) is 2.55. The van der Waals surface area contributed by atoms with Crippen LogP contribution in [0.1, 0.15) is 0 Å². The molecule has 0 bridgehead atoms. The minimum atomic E-state index is -3.09. The molecule has 0 fully saturated rings. The van der Waals surface area contributed by atoms with Gasteiger partial charge in [0.2, 0.25) is 7.37 Å². The third-order valence-corrected chi connectivity index (χ3v) is 3.76. The van der Waals surface area contributed by atoms with E-state index in [9.17, 15) is 9.46 Å². The average molecular weight is 202 g/mol. The van der Waals surface area contributed by atoms with Crippen molar-refractivity contribution in [3.05, 3.63) is 24.3 Å². The minimum absolute atomic E-state index is 0.553. The van der Waals surface area contributed by atoms with Gasteiger partial charge in [0.15, 0.2) is 0 Å². The zero-order chi connectivity index (χ0) is 9.19. The van der Waals surface area contributed by atoms with Crippen LogP contribution in [0.3, 0.4) is 0 Å². The molecule has 0 heterocycles. The molecule has 66 valence electrons. The lowest BCUT2D eigenvalue weighted by Crippen LogP contribution is -2.05. The molecule has 0 saturated heterocycles. The van der Waals surface area contributed by atoms with Crippen LogP contribution in [-0.4, -0.2) is 17.8 Å². The number of rotatable bonds is 2. The average Bonchev–Trinajstić information content (AvgIpc) is 2.03. The topological polar surface area (TPSA) is 37.3 Å². The standard InChI is InChI=1S/C8H11O2PS/c1-11(9,10)7-5-3-4-6-8(7)12-2/h3-6H,1-2H3,(H,9,10). The molecular weight excluding hydrogens is 191 g/mol. The summed E-state index contributed by atoms with van der Waals surface area (Å²) in [6.45, 7) is 1.36. The van der Waals surface area contributed by atoms with Gasteiger partial charge in [-0.15, -0.1) is 11.8 Å². The van der Waals surface area contributed by atoms with Crippen LogP contribution in [0.4, 0.5) is 0 Å². The summed E-state index contributed by atoms with van der Waals surface area (Å²) in [4.78, 5) is 10.2. The van der Waals surface area contributed by atoms with Crippen molar-refractivity contribution in [1.29, 1.82) is 0 Å². The van der Waals surface area contributed by atoms with Crippen LogP contribution in [0.2, 0.25) is 0 Å². The van der Waals surface area contributed by atoms with Gasteiger partial charge in [-0.2, -0.15) is 0 Å². The Labute approximate surface area is 76.5 Å². The van der Waals surface area contributed by atoms with E-state index in [1.165, 1.54) is 18.4 Å². The first kappa shape index (κ1) is 9.85. The Morgan fingerprint density at radius 1 is 1.42 bits per heavy atom. The second-order valence-corrected chi connectivity index (χ2v) is 5.64. The number of thioether (sulfide) groups is 1. The van der Waals surface area contributed by atoms with Crippen molar-refractivity contribution < 1.29 is 9.46 Å². The predicted molar refractivity (Wildman–Crippen MR) is 53.6 cm³/mol. The minimum Gasteiger partial charge on any atom is -0.341 e. The maximum atomic E-state index is 11.3. The highest BCUT2D eigenvalue weighted by Gasteiger charge is 2.16. The molecule has 0 aliphatic heterocycles. The van der Waals surface area contributed by atoms with Crippen LogP contribution in [0.25, 0.3) is 0 Å². The molecule has 1 aromatic rings. The van der Waals surface area contributed by atoms with Gasteiger partial charge in [-0.05, 0) is 18.4 Å². The quantitative estimate of drug-likeness (QED) is 0.588. The highest BCUT2D eigenvalue weighted by Crippen LogP contribution is 2.37. The fourth-order valence-corrected chi connectivity index (χ4v) is 3.09. The van der Waals surface area contributed by atoms with Crippen molar-refractivity contribution in [2.45, 2.75) is 4.90 Å². The molecule has 0 aliphatic carbocycles. The first-order chi connectivity index (χ1) is 5.55. The van der Waals surface area contributed by atoms with E-state index in [1.54, 1.807) is 12.1 Å². The van der Waals surface area contributed by atoms with E-state index in [2.05, 4.69) is 0 Å². The van der Waals surface area contributed by atoms with Gasteiger partial charge >= 0.3 is 0 Å². The van der Waals surface area contributed by atoms with Crippen LogP contribution in [0.5, 0.6) is 0 Å². The van der Waals surface area contributed by atoms with Gasteiger partial charge in [-0.1, -0.05) is 12.1 Å². The van der Waals surface area contributed by atoms with Crippen LogP contribution in [0, 0.1) is 0 Å². The maximum absolute atomic E-state index is 11.3. The molecule has 0 aliphatic rings. The van der Waals surface area contributed by atoms with Crippen molar-refractivity contribution in [1.82, 2.24) is 0 Å². The largest absolute Gasteiger partial charge is 0.341 e. The van der Waals surface area contributed by atoms with Crippen molar-refractivity contribution in [2.24, 2.45) is 0 Å². The van der Waals surface area contributed by atoms with Crippen molar-refractivity contribution in [2.75, 3.05) is 12.9 Å². The first-order valence-electron chi connectivity index (χ1n) is 3.49. The molecule has 1 atom stereocenters. The lowest BCUT2D eigenvalue weighted by molar-refractivity contribution is 0.496. The summed E-state index contributed by atoms with van der Waals surface area (Å²) >= 11 is 1.49. The van der Waals surface area contributed by atoms with Crippen molar-refractivity contribution >= 4 is 24.4 Å². The number of hydrogen-bond acceptors (Lipinski definition) is 2.